The number of anilines is 1. The number of carboxylic acid groups (broad SMARTS) is 1. The average molecular weight is 451 g/mol. The topological polar surface area (TPSA) is 119 Å². The summed E-state index contributed by atoms with van der Waals surface area (Å²) >= 11 is 1.31. The van der Waals surface area contributed by atoms with Gasteiger partial charge < -0.3 is 20.3 Å². The smallest absolute Gasteiger partial charge is 0.326 e. The second kappa shape index (κ2) is 7.79. The maximum atomic E-state index is 13.0. The van der Waals surface area contributed by atoms with Crippen molar-refractivity contribution in [1.82, 2.24) is 24.1 Å². The van der Waals surface area contributed by atoms with E-state index in [4.69, 9.17) is 10.7 Å². The van der Waals surface area contributed by atoms with Gasteiger partial charge in [0, 0.05) is 49.1 Å². The number of fused-ring (bicyclic) bond motifs is 1. The number of aromatic nitrogens is 4. The van der Waals surface area contributed by atoms with Crippen LogP contribution in [0.5, 0.6) is 0 Å². The summed E-state index contributed by atoms with van der Waals surface area (Å²) in [5.74, 6) is -0.928. The summed E-state index contributed by atoms with van der Waals surface area (Å²) in [6.07, 6.45) is 6.64. The van der Waals surface area contributed by atoms with E-state index < -0.39 is 12.0 Å². The number of carbonyl (C=O) groups is 2. The molecule has 2 unspecified atom stereocenters. The number of likely N-dealkylation sites (tertiary alicyclic amines) is 1. The average Bonchev–Trinajstić information content (AvgIpc) is 3.53. The van der Waals surface area contributed by atoms with E-state index in [1.807, 2.05) is 35.5 Å². The van der Waals surface area contributed by atoms with Gasteiger partial charge >= 0.3 is 5.97 Å². The molecular formula is C22H22N6O3S. The third-order valence-corrected chi connectivity index (χ3v) is 6.80. The molecule has 0 saturated carbocycles. The molecule has 5 heterocycles. The van der Waals surface area contributed by atoms with E-state index >= 15 is 0 Å². The number of hydrogen-bond acceptors (Lipinski definition) is 6. The van der Waals surface area contributed by atoms with Gasteiger partial charge in [-0.3, -0.25) is 4.79 Å². The standard InChI is InChI=1S/C22H22N6O3S/c1-26-7-6-13(11-26)15-10-24-28-19(23)9-16(25-20(15)28)14-4-5-17(22(30)31)27(12-14)21(29)18-3-2-8-32-18/h2-3,6-11,14,17H,4-5,12,23H2,1H3,(H,30,31). The van der Waals surface area contributed by atoms with Crippen molar-refractivity contribution in [3.8, 4) is 11.1 Å². The van der Waals surface area contributed by atoms with Crippen LogP contribution in [0.4, 0.5) is 5.82 Å². The lowest BCUT2D eigenvalue weighted by atomic mass is 9.89. The van der Waals surface area contributed by atoms with Gasteiger partial charge in [-0.05, 0) is 30.4 Å². The number of carboxylic acids is 1. The lowest BCUT2D eigenvalue weighted by Gasteiger charge is -2.37. The first kappa shape index (κ1) is 20.3. The van der Waals surface area contributed by atoms with Gasteiger partial charge in [0.25, 0.3) is 5.91 Å². The van der Waals surface area contributed by atoms with Crippen LogP contribution in [-0.4, -0.2) is 53.6 Å². The second-order valence-electron chi connectivity index (χ2n) is 8.03. The van der Waals surface area contributed by atoms with Crippen LogP contribution >= 0.6 is 11.3 Å². The van der Waals surface area contributed by atoms with E-state index in [2.05, 4.69) is 5.10 Å². The molecule has 1 aliphatic heterocycles. The zero-order valence-corrected chi connectivity index (χ0v) is 18.2. The number of rotatable bonds is 4. The molecule has 9 nitrogen and oxygen atoms in total. The van der Waals surface area contributed by atoms with Gasteiger partial charge in [-0.2, -0.15) is 9.61 Å². The van der Waals surface area contributed by atoms with Crippen molar-refractivity contribution in [3.63, 3.8) is 0 Å². The molecule has 1 fully saturated rings. The normalized spacial score (nSPS) is 18.8. The Morgan fingerprint density at radius 3 is 2.81 bits per heavy atom. The van der Waals surface area contributed by atoms with Crippen molar-refractivity contribution >= 4 is 34.7 Å². The Hall–Kier alpha value is -3.66. The molecule has 0 spiro atoms. The SMILES string of the molecule is Cn1ccc(-c2cnn3c(N)cc(C4CCC(C(=O)O)N(C(=O)c5cccs5)C4)nc23)c1. The summed E-state index contributed by atoms with van der Waals surface area (Å²) in [4.78, 5) is 31.7. The predicted molar refractivity (Wildman–Crippen MR) is 121 cm³/mol. The fourth-order valence-corrected chi connectivity index (χ4v) is 5.00. The monoisotopic (exact) mass is 450 g/mol. The number of nitrogens with zero attached hydrogens (tertiary/aromatic N) is 5. The van der Waals surface area contributed by atoms with Gasteiger partial charge in [0.05, 0.1) is 16.8 Å². The van der Waals surface area contributed by atoms with Gasteiger partial charge in [-0.1, -0.05) is 6.07 Å². The number of nitrogens with two attached hydrogens (primary N) is 1. The molecular weight excluding hydrogens is 428 g/mol. The summed E-state index contributed by atoms with van der Waals surface area (Å²) in [5, 5.41) is 15.9. The first-order valence-electron chi connectivity index (χ1n) is 10.3. The Balaban J connectivity index is 1.52. The van der Waals surface area contributed by atoms with Crippen LogP contribution in [-0.2, 0) is 11.8 Å². The fourth-order valence-electron chi connectivity index (χ4n) is 4.32. The molecule has 4 aromatic rings. The largest absolute Gasteiger partial charge is 0.480 e. The molecule has 10 heteroatoms. The fraction of sp³-hybridized carbons (Fsp3) is 0.273. The molecule has 5 rings (SSSR count). The van der Waals surface area contributed by atoms with Crippen LogP contribution in [0.2, 0.25) is 0 Å². The van der Waals surface area contributed by atoms with Crippen LogP contribution in [0.25, 0.3) is 16.8 Å². The minimum atomic E-state index is -0.988. The van der Waals surface area contributed by atoms with E-state index in [1.54, 1.807) is 28.9 Å². The highest BCUT2D eigenvalue weighted by atomic mass is 32.1. The van der Waals surface area contributed by atoms with Crippen LogP contribution in [0, 0.1) is 0 Å². The first-order valence-corrected chi connectivity index (χ1v) is 11.1. The molecule has 0 bridgehead atoms. The maximum Gasteiger partial charge on any atom is 0.326 e. The summed E-state index contributed by atoms with van der Waals surface area (Å²) < 4.78 is 3.55. The number of piperidine rings is 1. The van der Waals surface area contributed by atoms with Crippen molar-refractivity contribution in [2.45, 2.75) is 24.8 Å². The molecule has 0 radical (unpaired) electrons. The highest BCUT2D eigenvalue weighted by molar-refractivity contribution is 7.12. The van der Waals surface area contributed by atoms with Crippen LogP contribution in [0.1, 0.15) is 34.1 Å². The van der Waals surface area contributed by atoms with Crippen LogP contribution < -0.4 is 5.73 Å². The van der Waals surface area contributed by atoms with Crippen molar-refractivity contribution in [3.05, 3.63) is 58.8 Å². The van der Waals surface area contributed by atoms with E-state index in [0.717, 1.165) is 16.8 Å². The van der Waals surface area contributed by atoms with Gasteiger partial charge in [-0.15, -0.1) is 11.3 Å². The van der Waals surface area contributed by atoms with Gasteiger partial charge in [-0.25, -0.2) is 9.78 Å². The molecule has 0 aliphatic carbocycles. The zero-order chi connectivity index (χ0) is 22.4. The van der Waals surface area contributed by atoms with Gasteiger partial charge in [0.15, 0.2) is 5.65 Å². The van der Waals surface area contributed by atoms with E-state index in [9.17, 15) is 14.7 Å². The molecule has 1 saturated heterocycles. The highest BCUT2D eigenvalue weighted by Gasteiger charge is 2.38. The molecule has 32 heavy (non-hydrogen) atoms. The lowest BCUT2D eigenvalue weighted by Crippen LogP contribution is -2.50. The lowest BCUT2D eigenvalue weighted by molar-refractivity contribution is -0.143. The van der Waals surface area contributed by atoms with Crippen molar-refractivity contribution in [2.24, 2.45) is 7.05 Å². The van der Waals surface area contributed by atoms with Gasteiger partial charge in [0.2, 0.25) is 0 Å². The van der Waals surface area contributed by atoms with E-state index in [-0.39, 0.29) is 18.4 Å². The predicted octanol–water partition coefficient (Wildman–Crippen LogP) is 2.85. The Morgan fingerprint density at radius 2 is 2.12 bits per heavy atom. The number of nitrogen functional groups attached to an aromatic ring is 1. The number of aliphatic carboxylic acids is 1. The maximum absolute atomic E-state index is 13.0. The van der Waals surface area contributed by atoms with Crippen molar-refractivity contribution < 1.29 is 14.7 Å². The Bertz CT molecular complexity index is 1310. The quantitative estimate of drug-likeness (QED) is 0.494. The number of thiophene rings is 1. The summed E-state index contributed by atoms with van der Waals surface area (Å²) in [7, 11) is 1.95. The Labute approximate surface area is 187 Å². The van der Waals surface area contributed by atoms with Crippen LogP contribution in [0.15, 0.2) is 48.2 Å². The van der Waals surface area contributed by atoms with Gasteiger partial charge in [0.1, 0.15) is 11.9 Å². The third-order valence-electron chi connectivity index (χ3n) is 5.94. The molecule has 2 atom stereocenters. The molecule has 1 aliphatic rings. The minimum Gasteiger partial charge on any atom is -0.480 e. The second-order valence-corrected chi connectivity index (χ2v) is 8.98. The number of carbonyl (C=O) groups excluding carboxylic acids is 1. The van der Waals surface area contributed by atoms with Crippen molar-refractivity contribution in [1.29, 1.82) is 0 Å². The molecule has 164 valence electrons. The summed E-state index contributed by atoms with van der Waals surface area (Å²) in [5.41, 5.74) is 9.52. The van der Waals surface area contributed by atoms with E-state index in [0.29, 0.717) is 29.2 Å². The highest BCUT2D eigenvalue weighted by Crippen LogP contribution is 2.33. The Morgan fingerprint density at radius 1 is 1.28 bits per heavy atom. The number of aryl methyl sites for hydroxylation is 1. The number of amides is 1. The number of hydrogen-bond donors (Lipinski definition) is 2. The minimum absolute atomic E-state index is 0.125. The Kier molecular flexibility index (Phi) is 4.93. The van der Waals surface area contributed by atoms with Crippen LogP contribution in [0.3, 0.4) is 0 Å². The molecule has 0 aromatic carbocycles. The summed E-state index contributed by atoms with van der Waals surface area (Å²) in [6.45, 7) is 0.269. The molecule has 3 N–H and O–H groups in total. The summed E-state index contributed by atoms with van der Waals surface area (Å²) in [6, 6.07) is 6.42. The molecule has 4 aromatic heterocycles. The first-order chi connectivity index (χ1) is 15.4. The zero-order valence-electron chi connectivity index (χ0n) is 17.4. The van der Waals surface area contributed by atoms with E-state index in [1.165, 1.54) is 16.2 Å². The molecule has 1 amide bonds. The third kappa shape index (κ3) is 3.42. The van der Waals surface area contributed by atoms with Crippen molar-refractivity contribution in [2.75, 3.05) is 12.3 Å².